The van der Waals surface area contributed by atoms with Crippen molar-refractivity contribution in [3.8, 4) is 17.0 Å². The summed E-state index contributed by atoms with van der Waals surface area (Å²) in [6.07, 6.45) is 0.194. The van der Waals surface area contributed by atoms with Gasteiger partial charge in [0.1, 0.15) is 5.75 Å². The average molecular weight is 691 g/mol. The van der Waals surface area contributed by atoms with E-state index < -0.39 is 22.0 Å². The molecule has 0 atom stereocenters. The number of rotatable bonds is 8. The summed E-state index contributed by atoms with van der Waals surface area (Å²) in [5.41, 5.74) is 5.07. The molecule has 4 aromatic rings. The van der Waals surface area contributed by atoms with Crippen molar-refractivity contribution < 1.29 is 41.0 Å². The van der Waals surface area contributed by atoms with E-state index in [1.165, 1.54) is 6.26 Å². The lowest BCUT2D eigenvalue weighted by Gasteiger charge is -2.40. The topological polar surface area (TPSA) is 139 Å². The van der Waals surface area contributed by atoms with Gasteiger partial charge in [-0.15, -0.1) is 5.10 Å². The number of alkyl halides is 3. The molecule has 258 valence electrons. The van der Waals surface area contributed by atoms with Crippen LogP contribution in [0.2, 0.25) is 0 Å². The fraction of sp³-hybridized carbons (Fsp3) is 0.406. The number of carbonyl (C=O) groups is 1. The van der Waals surface area contributed by atoms with Crippen molar-refractivity contribution in [1.29, 1.82) is 0 Å². The molecule has 0 saturated carbocycles. The Morgan fingerprint density at radius 2 is 1.75 bits per heavy atom. The standard InChI is InChI=1S/C30H36N6O4S.C2HF3O2/c1-39-29-19-24(34-13-11-23(12-14-34)35-15-17-40-18-16-35)7-9-27(29)32-30-31-20-25-8-10-28(36(25)33-30)26-6-4-3-5-22(26)21-41(2,37)38;3-2(4,5)1(6)7/h3-10,19-20,23H,11-18,21H2,1-2H3,(H,32,33);(H,6,7). The summed E-state index contributed by atoms with van der Waals surface area (Å²) in [6.45, 7) is 5.76. The van der Waals surface area contributed by atoms with Crippen molar-refractivity contribution in [3.05, 3.63) is 66.4 Å². The van der Waals surface area contributed by atoms with Crippen LogP contribution in [-0.4, -0.2) is 104 Å². The summed E-state index contributed by atoms with van der Waals surface area (Å²) in [4.78, 5) is 18.4. The maximum Gasteiger partial charge on any atom is 0.490 e. The molecule has 0 spiro atoms. The van der Waals surface area contributed by atoms with Crippen LogP contribution in [0.25, 0.3) is 16.8 Å². The van der Waals surface area contributed by atoms with E-state index in [2.05, 4.69) is 32.2 Å². The van der Waals surface area contributed by atoms with Crippen LogP contribution in [0.1, 0.15) is 18.4 Å². The molecule has 12 nitrogen and oxygen atoms in total. The van der Waals surface area contributed by atoms with E-state index in [0.717, 1.165) is 85.9 Å². The van der Waals surface area contributed by atoms with Gasteiger partial charge in [0.25, 0.3) is 0 Å². The third kappa shape index (κ3) is 8.73. The van der Waals surface area contributed by atoms with E-state index in [0.29, 0.717) is 17.7 Å². The van der Waals surface area contributed by atoms with Crippen molar-refractivity contribution in [2.24, 2.45) is 0 Å². The Kier molecular flexibility index (Phi) is 10.8. The van der Waals surface area contributed by atoms with Gasteiger partial charge in [-0.1, -0.05) is 24.3 Å². The maximum absolute atomic E-state index is 12.0. The van der Waals surface area contributed by atoms with Gasteiger partial charge in [-0.3, -0.25) is 4.90 Å². The SMILES string of the molecule is COc1cc(N2CCC(N3CCOCC3)CC2)ccc1Nc1ncc2ccc(-c3ccccc3CS(C)(=O)=O)n2n1.O=C(O)C(F)(F)F. The van der Waals surface area contributed by atoms with Gasteiger partial charge < -0.3 is 24.8 Å². The summed E-state index contributed by atoms with van der Waals surface area (Å²) in [7, 11) is -1.53. The highest BCUT2D eigenvalue weighted by Gasteiger charge is 2.38. The molecule has 48 heavy (non-hydrogen) atoms. The number of morpholine rings is 1. The Labute approximate surface area is 276 Å². The molecule has 2 aromatic heterocycles. The first-order valence-corrected chi connectivity index (χ1v) is 17.3. The number of sulfone groups is 1. The van der Waals surface area contributed by atoms with Crippen LogP contribution in [0.4, 0.5) is 30.5 Å². The highest BCUT2D eigenvalue weighted by molar-refractivity contribution is 7.89. The number of fused-ring (bicyclic) bond motifs is 1. The van der Waals surface area contributed by atoms with Gasteiger partial charge in [-0.25, -0.2) is 22.7 Å². The molecule has 2 aromatic carbocycles. The second-order valence-corrected chi connectivity index (χ2v) is 13.7. The van der Waals surface area contributed by atoms with Crippen LogP contribution in [0, 0.1) is 0 Å². The Morgan fingerprint density at radius 3 is 2.40 bits per heavy atom. The van der Waals surface area contributed by atoms with Crippen LogP contribution in [0.3, 0.4) is 0 Å². The quantitative estimate of drug-likeness (QED) is 0.268. The number of hydrogen-bond acceptors (Lipinski definition) is 10. The van der Waals surface area contributed by atoms with Crippen LogP contribution in [0.15, 0.2) is 60.8 Å². The molecule has 6 rings (SSSR count). The van der Waals surface area contributed by atoms with E-state index in [1.54, 1.807) is 17.8 Å². The fourth-order valence-electron chi connectivity index (χ4n) is 5.87. The number of benzene rings is 2. The lowest BCUT2D eigenvalue weighted by molar-refractivity contribution is -0.192. The molecular formula is C32H37F3N6O6S. The van der Waals surface area contributed by atoms with E-state index in [4.69, 9.17) is 24.5 Å². The Morgan fingerprint density at radius 1 is 1.06 bits per heavy atom. The molecule has 0 unspecified atom stereocenters. The fourth-order valence-corrected chi connectivity index (χ4v) is 6.69. The summed E-state index contributed by atoms with van der Waals surface area (Å²) in [5.74, 6) is -1.67. The Bertz CT molecular complexity index is 1840. The van der Waals surface area contributed by atoms with Gasteiger partial charge in [0.15, 0.2) is 9.84 Å². The van der Waals surface area contributed by atoms with Crippen LogP contribution in [0.5, 0.6) is 5.75 Å². The minimum Gasteiger partial charge on any atom is -0.494 e. The molecule has 2 saturated heterocycles. The van der Waals surface area contributed by atoms with Crippen LogP contribution < -0.4 is 15.0 Å². The third-order valence-electron chi connectivity index (χ3n) is 8.18. The summed E-state index contributed by atoms with van der Waals surface area (Å²) in [6, 6.07) is 18.2. The predicted octanol–water partition coefficient (Wildman–Crippen LogP) is 4.63. The minimum atomic E-state index is -5.08. The van der Waals surface area contributed by atoms with Crippen molar-refractivity contribution >= 4 is 38.6 Å². The number of carboxylic acids is 1. The number of ether oxygens (including phenoxy) is 2. The zero-order valence-corrected chi connectivity index (χ0v) is 27.3. The van der Waals surface area contributed by atoms with E-state index in [9.17, 15) is 21.6 Å². The van der Waals surface area contributed by atoms with Gasteiger partial charge in [0.05, 0.1) is 49.2 Å². The molecular weight excluding hydrogens is 653 g/mol. The second kappa shape index (κ2) is 14.8. The van der Waals surface area contributed by atoms with Gasteiger partial charge >= 0.3 is 12.1 Å². The number of piperidine rings is 1. The molecule has 0 aliphatic carbocycles. The normalized spacial score (nSPS) is 16.3. The average Bonchev–Trinajstić information content (AvgIpc) is 3.48. The smallest absolute Gasteiger partial charge is 0.490 e. The molecule has 0 bridgehead atoms. The molecule has 4 heterocycles. The summed E-state index contributed by atoms with van der Waals surface area (Å²) in [5, 5.41) is 15.2. The van der Waals surface area contributed by atoms with Gasteiger partial charge in [0.2, 0.25) is 5.95 Å². The van der Waals surface area contributed by atoms with Crippen LogP contribution in [-0.2, 0) is 25.1 Å². The third-order valence-corrected chi connectivity index (χ3v) is 9.01. The van der Waals surface area contributed by atoms with Crippen molar-refractivity contribution in [2.45, 2.75) is 30.8 Å². The number of aromatic nitrogens is 3. The molecule has 2 N–H and O–H groups in total. The van der Waals surface area contributed by atoms with Crippen LogP contribution >= 0.6 is 0 Å². The number of nitrogens with one attached hydrogen (secondary N) is 1. The zero-order valence-electron chi connectivity index (χ0n) is 26.5. The Hall–Kier alpha value is -4.41. The molecule has 0 radical (unpaired) electrons. The van der Waals surface area contributed by atoms with Crippen molar-refractivity contribution in [1.82, 2.24) is 19.5 Å². The van der Waals surface area contributed by atoms with E-state index >= 15 is 0 Å². The number of nitrogens with zero attached hydrogens (tertiary/aromatic N) is 5. The molecule has 16 heteroatoms. The zero-order chi connectivity index (χ0) is 34.5. The Balaban J connectivity index is 0.000000582. The number of carboxylic acid groups (broad SMARTS) is 1. The second-order valence-electron chi connectivity index (χ2n) is 11.5. The number of hydrogen-bond donors (Lipinski definition) is 2. The van der Waals surface area contributed by atoms with Crippen molar-refractivity contribution in [2.75, 3.05) is 63.0 Å². The number of anilines is 3. The maximum atomic E-state index is 12.0. The lowest BCUT2D eigenvalue weighted by Crippen LogP contribution is -2.49. The highest BCUT2D eigenvalue weighted by Crippen LogP contribution is 2.34. The monoisotopic (exact) mass is 690 g/mol. The molecule has 0 amide bonds. The first kappa shape index (κ1) is 34.9. The van der Waals surface area contributed by atoms with Crippen molar-refractivity contribution in [3.63, 3.8) is 0 Å². The highest BCUT2D eigenvalue weighted by atomic mass is 32.2. The largest absolute Gasteiger partial charge is 0.494 e. The molecule has 2 aliphatic rings. The molecule has 2 aliphatic heterocycles. The molecule has 2 fully saturated rings. The van der Waals surface area contributed by atoms with E-state index in [-0.39, 0.29) is 5.75 Å². The first-order chi connectivity index (χ1) is 22.8. The van der Waals surface area contributed by atoms with Gasteiger partial charge in [-0.2, -0.15) is 13.2 Å². The summed E-state index contributed by atoms with van der Waals surface area (Å²) < 4.78 is 68.9. The number of halogens is 3. The predicted molar refractivity (Wildman–Crippen MR) is 175 cm³/mol. The lowest BCUT2D eigenvalue weighted by atomic mass is 10.0. The van der Waals surface area contributed by atoms with Gasteiger partial charge in [0, 0.05) is 55.8 Å². The number of aliphatic carboxylic acids is 1. The number of methoxy groups -OCH3 is 1. The minimum absolute atomic E-state index is 0.0406. The first-order valence-electron chi connectivity index (χ1n) is 15.2. The van der Waals surface area contributed by atoms with Gasteiger partial charge in [-0.05, 0) is 42.7 Å². The summed E-state index contributed by atoms with van der Waals surface area (Å²) >= 11 is 0. The van der Waals surface area contributed by atoms with E-state index in [1.807, 2.05) is 42.5 Å².